The summed E-state index contributed by atoms with van der Waals surface area (Å²) in [6.07, 6.45) is 2.33. The van der Waals surface area contributed by atoms with Crippen LogP contribution in [0.5, 0.6) is 0 Å². The highest BCUT2D eigenvalue weighted by Crippen LogP contribution is 2.23. The largest absolute Gasteiger partial charge is 0.369 e. The molecule has 0 aliphatic rings. The van der Waals surface area contributed by atoms with E-state index in [0.717, 1.165) is 5.56 Å². The molecule has 134 valence electrons. The van der Waals surface area contributed by atoms with Gasteiger partial charge in [0.05, 0.1) is 5.56 Å². The first kappa shape index (κ1) is 17.5. The number of anilines is 1. The lowest BCUT2D eigenvalue weighted by Crippen LogP contribution is -2.26. The molecule has 2 N–H and O–H groups in total. The summed E-state index contributed by atoms with van der Waals surface area (Å²) in [6, 6.07) is 9.22. The van der Waals surface area contributed by atoms with Crippen molar-refractivity contribution in [3.63, 3.8) is 0 Å². The topological polar surface area (TPSA) is 92.9 Å². The average Bonchev–Trinajstić information content (AvgIpc) is 3.08. The fourth-order valence-electron chi connectivity index (χ4n) is 2.35. The zero-order chi connectivity index (χ0) is 18.4. The van der Waals surface area contributed by atoms with E-state index in [4.69, 9.17) is 4.52 Å². The lowest BCUT2D eigenvalue weighted by molar-refractivity contribution is 0.0953. The van der Waals surface area contributed by atoms with Crippen molar-refractivity contribution in [3.05, 3.63) is 59.8 Å². The lowest BCUT2D eigenvalue weighted by Gasteiger charge is -2.09. The Hall–Kier alpha value is -3.29. The normalized spacial score (nSPS) is 10.5. The van der Waals surface area contributed by atoms with Gasteiger partial charge < -0.3 is 15.2 Å². The predicted molar refractivity (Wildman–Crippen MR) is 94.1 cm³/mol. The van der Waals surface area contributed by atoms with Crippen molar-refractivity contribution >= 4 is 11.7 Å². The van der Waals surface area contributed by atoms with Crippen LogP contribution >= 0.6 is 0 Å². The van der Waals surface area contributed by atoms with E-state index in [0.29, 0.717) is 42.6 Å². The molecule has 3 rings (SSSR count). The summed E-state index contributed by atoms with van der Waals surface area (Å²) in [7, 11) is 0. The van der Waals surface area contributed by atoms with Crippen molar-refractivity contribution < 1.29 is 13.7 Å². The summed E-state index contributed by atoms with van der Waals surface area (Å²) in [5.41, 5.74) is 1.02. The standard InChI is InChI=1S/C18H18FN5O2/c1-12-23-18(26-24-12)15-7-3-8-20-16(15)21-9-4-10-22-17(25)13-5-2-6-14(19)11-13/h2-3,5-8,11H,4,9-10H2,1H3,(H,20,21)(H,22,25). The van der Waals surface area contributed by atoms with Gasteiger partial charge in [-0.25, -0.2) is 9.37 Å². The minimum atomic E-state index is -0.432. The Bertz CT molecular complexity index is 897. The van der Waals surface area contributed by atoms with Gasteiger partial charge in [-0.05, 0) is 43.7 Å². The fourth-order valence-corrected chi connectivity index (χ4v) is 2.35. The first-order valence-electron chi connectivity index (χ1n) is 8.17. The van der Waals surface area contributed by atoms with Crippen LogP contribution in [0.1, 0.15) is 22.6 Å². The van der Waals surface area contributed by atoms with Gasteiger partial charge >= 0.3 is 0 Å². The first-order valence-corrected chi connectivity index (χ1v) is 8.17. The molecule has 2 heterocycles. The van der Waals surface area contributed by atoms with Gasteiger partial charge in [-0.3, -0.25) is 4.79 Å². The molecule has 0 atom stereocenters. The van der Waals surface area contributed by atoms with Gasteiger partial charge in [0.25, 0.3) is 11.8 Å². The molecule has 0 saturated heterocycles. The number of amides is 1. The van der Waals surface area contributed by atoms with E-state index < -0.39 is 5.82 Å². The van der Waals surface area contributed by atoms with Gasteiger partial charge in [-0.15, -0.1) is 0 Å². The minimum Gasteiger partial charge on any atom is -0.369 e. The number of carbonyl (C=O) groups excluding carboxylic acids is 1. The number of pyridine rings is 1. The molecule has 2 aromatic heterocycles. The molecule has 0 aliphatic heterocycles. The SMILES string of the molecule is Cc1noc(-c2cccnc2NCCCNC(=O)c2cccc(F)c2)n1. The maximum Gasteiger partial charge on any atom is 0.261 e. The van der Waals surface area contributed by atoms with Gasteiger partial charge in [-0.1, -0.05) is 11.2 Å². The molecule has 1 amide bonds. The van der Waals surface area contributed by atoms with Crippen LogP contribution in [0.15, 0.2) is 47.1 Å². The van der Waals surface area contributed by atoms with Gasteiger partial charge in [-0.2, -0.15) is 4.98 Å². The number of nitrogens with one attached hydrogen (secondary N) is 2. The molecule has 7 nitrogen and oxygen atoms in total. The molecule has 3 aromatic rings. The number of aryl methyl sites for hydroxylation is 1. The molecule has 0 fully saturated rings. The van der Waals surface area contributed by atoms with Crippen LogP contribution in [0, 0.1) is 12.7 Å². The summed E-state index contributed by atoms with van der Waals surface area (Å²) in [5.74, 6) is 0.850. The summed E-state index contributed by atoms with van der Waals surface area (Å²) >= 11 is 0. The van der Waals surface area contributed by atoms with Crippen LogP contribution in [0.25, 0.3) is 11.5 Å². The molecule has 0 unspecified atom stereocenters. The molecular formula is C18H18FN5O2. The smallest absolute Gasteiger partial charge is 0.261 e. The Morgan fingerprint density at radius 2 is 2.12 bits per heavy atom. The average molecular weight is 355 g/mol. The van der Waals surface area contributed by atoms with E-state index in [9.17, 15) is 9.18 Å². The highest BCUT2D eigenvalue weighted by molar-refractivity contribution is 5.94. The Labute approximate surface area is 149 Å². The maximum atomic E-state index is 13.1. The van der Waals surface area contributed by atoms with E-state index in [1.54, 1.807) is 25.3 Å². The molecule has 0 aliphatic carbocycles. The molecule has 8 heteroatoms. The zero-order valence-electron chi connectivity index (χ0n) is 14.2. The Balaban J connectivity index is 1.49. The van der Waals surface area contributed by atoms with E-state index in [1.165, 1.54) is 18.2 Å². The third-order valence-corrected chi connectivity index (χ3v) is 3.58. The first-order chi connectivity index (χ1) is 12.6. The number of benzene rings is 1. The van der Waals surface area contributed by atoms with E-state index in [-0.39, 0.29) is 5.91 Å². The molecule has 0 spiro atoms. The molecule has 1 aromatic carbocycles. The van der Waals surface area contributed by atoms with Crippen molar-refractivity contribution in [2.45, 2.75) is 13.3 Å². The quantitative estimate of drug-likeness (QED) is 0.633. The molecule has 0 radical (unpaired) electrons. The Morgan fingerprint density at radius 3 is 2.88 bits per heavy atom. The summed E-state index contributed by atoms with van der Waals surface area (Å²) < 4.78 is 18.3. The predicted octanol–water partition coefficient (Wildman–Crippen LogP) is 2.81. The van der Waals surface area contributed by atoms with E-state index >= 15 is 0 Å². The number of hydrogen-bond acceptors (Lipinski definition) is 6. The van der Waals surface area contributed by atoms with Crippen molar-refractivity contribution in [1.82, 2.24) is 20.4 Å². The monoisotopic (exact) mass is 355 g/mol. The number of aromatic nitrogens is 3. The number of rotatable bonds is 7. The summed E-state index contributed by atoms with van der Waals surface area (Å²) in [4.78, 5) is 20.4. The van der Waals surface area contributed by atoms with Gasteiger partial charge in [0.2, 0.25) is 0 Å². The second kappa shape index (κ2) is 8.19. The number of halogens is 1. The molecule has 0 bridgehead atoms. The summed E-state index contributed by atoms with van der Waals surface area (Å²) in [6.45, 7) is 2.78. The fraction of sp³-hybridized carbons (Fsp3) is 0.222. The highest BCUT2D eigenvalue weighted by atomic mass is 19.1. The van der Waals surface area contributed by atoms with Crippen molar-refractivity contribution in [1.29, 1.82) is 0 Å². The molecular weight excluding hydrogens is 337 g/mol. The van der Waals surface area contributed by atoms with Crippen molar-refractivity contribution in [3.8, 4) is 11.5 Å². The van der Waals surface area contributed by atoms with Crippen LogP contribution in [0.2, 0.25) is 0 Å². The van der Waals surface area contributed by atoms with Crippen molar-refractivity contribution in [2.75, 3.05) is 18.4 Å². The van der Waals surface area contributed by atoms with E-state index in [1.807, 2.05) is 6.07 Å². The zero-order valence-corrected chi connectivity index (χ0v) is 14.2. The van der Waals surface area contributed by atoms with Gasteiger partial charge in [0, 0.05) is 24.8 Å². The van der Waals surface area contributed by atoms with Crippen LogP contribution < -0.4 is 10.6 Å². The number of carbonyl (C=O) groups is 1. The second-order valence-electron chi connectivity index (χ2n) is 5.59. The lowest BCUT2D eigenvalue weighted by atomic mass is 10.2. The Kier molecular flexibility index (Phi) is 5.52. The molecule has 26 heavy (non-hydrogen) atoms. The van der Waals surface area contributed by atoms with Crippen molar-refractivity contribution in [2.24, 2.45) is 0 Å². The minimum absolute atomic E-state index is 0.302. The second-order valence-corrected chi connectivity index (χ2v) is 5.59. The number of hydrogen-bond donors (Lipinski definition) is 2. The van der Waals surface area contributed by atoms with E-state index in [2.05, 4.69) is 25.8 Å². The third-order valence-electron chi connectivity index (χ3n) is 3.58. The van der Waals surface area contributed by atoms with Crippen LogP contribution in [0.3, 0.4) is 0 Å². The number of nitrogens with zero attached hydrogens (tertiary/aromatic N) is 3. The van der Waals surface area contributed by atoms with Gasteiger partial charge in [0.1, 0.15) is 11.6 Å². The molecule has 0 saturated carbocycles. The highest BCUT2D eigenvalue weighted by Gasteiger charge is 2.12. The summed E-state index contributed by atoms with van der Waals surface area (Å²) in [5, 5.41) is 9.73. The van der Waals surface area contributed by atoms with Crippen LogP contribution in [0.4, 0.5) is 10.2 Å². The third kappa shape index (κ3) is 4.41. The van der Waals surface area contributed by atoms with Crippen LogP contribution in [-0.4, -0.2) is 34.1 Å². The van der Waals surface area contributed by atoms with Crippen LogP contribution in [-0.2, 0) is 0 Å². The maximum absolute atomic E-state index is 13.1. The van der Waals surface area contributed by atoms with Gasteiger partial charge in [0.15, 0.2) is 5.82 Å². The Morgan fingerprint density at radius 1 is 1.23 bits per heavy atom.